The first-order chi connectivity index (χ1) is 19.0. The molecule has 0 spiro atoms. The zero-order valence-electron chi connectivity index (χ0n) is 22.2. The fourth-order valence-electron chi connectivity index (χ4n) is 3.88. The molecule has 4 aromatic rings. The summed E-state index contributed by atoms with van der Waals surface area (Å²) in [5.41, 5.74) is 2.76. The number of rotatable bonds is 10. The molecule has 0 radical (unpaired) electrons. The summed E-state index contributed by atoms with van der Waals surface area (Å²) < 4.78 is 61.5. The Morgan fingerprint density at radius 3 is 2.08 bits per heavy atom. The van der Waals surface area contributed by atoms with E-state index in [9.17, 15) is 21.6 Å². The first kappa shape index (κ1) is 28.7. The van der Waals surface area contributed by atoms with Gasteiger partial charge in [0.05, 0.1) is 28.3 Å². The van der Waals surface area contributed by atoms with Crippen LogP contribution in [0.5, 0.6) is 5.75 Å². The van der Waals surface area contributed by atoms with Gasteiger partial charge in [-0.25, -0.2) is 16.8 Å². The van der Waals surface area contributed by atoms with Crippen molar-refractivity contribution in [2.75, 3.05) is 28.0 Å². The molecule has 0 aliphatic carbocycles. The second-order valence-corrected chi connectivity index (χ2v) is 12.6. The van der Waals surface area contributed by atoms with Gasteiger partial charge in [0.15, 0.2) is 0 Å². The zero-order valence-corrected chi connectivity index (χ0v) is 23.8. The number of hydrogen-bond acceptors (Lipinski definition) is 6. The Hall–Kier alpha value is -4.35. The van der Waals surface area contributed by atoms with Gasteiger partial charge in [0, 0.05) is 5.69 Å². The summed E-state index contributed by atoms with van der Waals surface area (Å²) in [6, 6.07) is 25.2. The minimum Gasteiger partial charge on any atom is -0.497 e. The van der Waals surface area contributed by atoms with Gasteiger partial charge in [-0.3, -0.25) is 13.8 Å². The average Bonchev–Trinajstić information content (AvgIpc) is 2.94. The lowest BCUT2D eigenvalue weighted by atomic mass is 10.1. The summed E-state index contributed by atoms with van der Waals surface area (Å²) in [6.45, 7) is 3.16. The van der Waals surface area contributed by atoms with Gasteiger partial charge in [0.25, 0.3) is 20.0 Å². The standard InChI is InChI=1S/C29H29N3O6S2/c1-21-9-10-22(2)28(19-21)31-39(34,35)26-17-11-23(12-18-26)30-29(33)20-32(24-13-15-25(38-3)16-14-24)40(36,37)27-7-5-4-6-8-27/h4-19,31H,20H2,1-3H3,(H,30,33). The highest BCUT2D eigenvalue weighted by Gasteiger charge is 2.27. The van der Waals surface area contributed by atoms with Crippen molar-refractivity contribution in [2.24, 2.45) is 0 Å². The Morgan fingerprint density at radius 1 is 0.800 bits per heavy atom. The van der Waals surface area contributed by atoms with Crippen molar-refractivity contribution in [1.82, 2.24) is 0 Å². The molecule has 0 saturated heterocycles. The van der Waals surface area contributed by atoms with Crippen molar-refractivity contribution in [1.29, 1.82) is 0 Å². The van der Waals surface area contributed by atoms with Gasteiger partial charge in [-0.15, -0.1) is 0 Å². The second kappa shape index (κ2) is 11.8. The summed E-state index contributed by atoms with van der Waals surface area (Å²) in [4.78, 5) is 13.1. The van der Waals surface area contributed by atoms with E-state index in [0.717, 1.165) is 15.4 Å². The van der Waals surface area contributed by atoms with Crippen molar-refractivity contribution in [3.8, 4) is 5.75 Å². The SMILES string of the molecule is COc1ccc(N(CC(=O)Nc2ccc(S(=O)(=O)Nc3cc(C)ccc3C)cc2)S(=O)(=O)c2ccccc2)cc1. The number of methoxy groups -OCH3 is 1. The van der Waals surface area contributed by atoms with E-state index in [-0.39, 0.29) is 15.5 Å². The fraction of sp³-hybridized carbons (Fsp3) is 0.138. The lowest BCUT2D eigenvalue weighted by Crippen LogP contribution is -2.38. The van der Waals surface area contributed by atoms with Crippen LogP contribution < -0.4 is 19.1 Å². The van der Waals surface area contributed by atoms with Crippen LogP contribution in [-0.2, 0) is 24.8 Å². The highest BCUT2D eigenvalue weighted by atomic mass is 32.2. The zero-order chi connectivity index (χ0) is 28.9. The summed E-state index contributed by atoms with van der Waals surface area (Å²) in [6.07, 6.45) is 0. The predicted octanol–water partition coefficient (Wildman–Crippen LogP) is 4.95. The maximum Gasteiger partial charge on any atom is 0.264 e. The van der Waals surface area contributed by atoms with Gasteiger partial charge in [-0.2, -0.15) is 0 Å². The fourth-order valence-corrected chi connectivity index (χ4v) is 6.44. The normalized spacial score (nSPS) is 11.5. The van der Waals surface area contributed by atoms with Crippen LogP contribution in [0.2, 0.25) is 0 Å². The van der Waals surface area contributed by atoms with Crippen molar-refractivity contribution in [3.05, 3.63) is 108 Å². The third kappa shape index (κ3) is 6.61. The quantitative estimate of drug-likeness (QED) is 0.274. The molecule has 11 heteroatoms. The summed E-state index contributed by atoms with van der Waals surface area (Å²) in [7, 11) is -6.45. The van der Waals surface area contributed by atoms with Crippen molar-refractivity contribution in [3.63, 3.8) is 0 Å². The number of sulfonamides is 2. The average molecular weight is 580 g/mol. The monoisotopic (exact) mass is 579 g/mol. The lowest BCUT2D eigenvalue weighted by molar-refractivity contribution is -0.114. The predicted molar refractivity (Wildman–Crippen MR) is 156 cm³/mol. The molecule has 9 nitrogen and oxygen atoms in total. The smallest absolute Gasteiger partial charge is 0.264 e. The van der Waals surface area contributed by atoms with E-state index in [1.165, 1.54) is 43.5 Å². The van der Waals surface area contributed by atoms with Crippen LogP contribution in [0.3, 0.4) is 0 Å². The van der Waals surface area contributed by atoms with E-state index < -0.39 is 32.5 Å². The number of nitrogens with zero attached hydrogens (tertiary/aromatic N) is 1. The molecule has 2 N–H and O–H groups in total. The highest BCUT2D eigenvalue weighted by Crippen LogP contribution is 2.26. The number of hydrogen-bond donors (Lipinski definition) is 2. The number of ether oxygens (including phenoxy) is 1. The molecule has 40 heavy (non-hydrogen) atoms. The second-order valence-electron chi connectivity index (χ2n) is 9.02. The highest BCUT2D eigenvalue weighted by molar-refractivity contribution is 7.93. The third-order valence-electron chi connectivity index (χ3n) is 6.06. The first-order valence-corrected chi connectivity index (χ1v) is 15.1. The number of amides is 1. The Labute approximate surface area is 234 Å². The van der Waals surface area contributed by atoms with Crippen molar-refractivity contribution >= 4 is 43.0 Å². The molecule has 0 aromatic heterocycles. The van der Waals surface area contributed by atoms with Crippen LogP contribution >= 0.6 is 0 Å². The van der Waals surface area contributed by atoms with Gasteiger partial charge in [0.1, 0.15) is 12.3 Å². The molecule has 0 fully saturated rings. The molecule has 0 atom stereocenters. The summed E-state index contributed by atoms with van der Waals surface area (Å²) in [5, 5.41) is 2.65. The van der Waals surface area contributed by atoms with Crippen LogP contribution in [0.1, 0.15) is 11.1 Å². The first-order valence-electron chi connectivity index (χ1n) is 12.2. The van der Waals surface area contributed by atoms with Gasteiger partial charge in [-0.05, 0) is 91.7 Å². The van der Waals surface area contributed by atoms with Gasteiger partial charge >= 0.3 is 0 Å². The van der Waals surface area contributed by atoms with Crippen molar-refractivity contribution in [2.45, 2.75) is 23.6 Å². The molecule has 0 heterocycles. The van der Waals surface area contributed by atoms with Gasteiger partial charge in [-0.1, -0.05) is 30.3 Å². The van der Waals surface area contributed by atoms with Crippen LogP contribution in [0.15, 0.2) is 107 Å². The molecule has 0 aliphatic rings. The Kier molecular flexibility index (Phi) is 8.46. The maximum absolute atomic E-state index is 13.5. The van der Waals surface area contributed by atoms with Crippen molar-refractivity contribution < 1.29 is 26.4 Å². The largest absolute Gasteiger partial charge is 0.497 e. The summed E-state index contributed by atoms with van der Waals surface area (Å²) in [5.74, 6) is -0.0770. The molecule has 0 bridgehead atoms. The Balaban J connectivity index is 1.53. The third-order valence-corrected chi connectivity index (χ3v) is 9.23. The Bertz CT molecular complexity index is 1710. The van der Waals surface area contributed by atoms with E-state index >= 15 is 0 Å². The molecule has 0 saturated carbocycles. The van der Waals surface area contributed by atoms with Gasteiger partial charge in [0.2, 0.25) is 5.91 Å². The molecule has 4 aromatic carbocycles. The van der Waals surface area contributed by atoms with Crippen LogP contribution in [0.4, 0.5) is 17.1 Å². The van der Waals surface area contributed by atoms with E-state index in [4.69, 9.17) is 4.74 Å². The van der Waals surface area contributed by atoms with Crippen LogP contribution in [-0.4, -0.2) is 36.4 Å². The maximum atomic E-state index is 13.5. The summed E-state index contributed by atoms with van der Waals surface area (Å²) >= 11 is 0. The number of carbonyl (C=O) groups is 1. The Morgan fingerprint density at radius 2 is 1.45 bits per heavy atom. The molecular weight excluding hydrogens is 550 g/mol. The molecule has 0 aliphatic heterocycles. The molecular formula is C29H29N3O6S2. The van der Waals surface area contributed by atoms with E-state index in [1.54, 1.807) is 48.5 Å². The number of benzene rings is 4. The molecule has 0 unspecified atom stereocenters. The minimum atomic E-state index is -4.08. The topological polar surface area (TPSA) is 122 Å². The molecule has 208 valence electrons. The van der Waals surface area contributed by atoms with Gasteiger partial charge < -0.3 is 10.1 Å². The van der Waals surface area contributed by atoms with Crippen LogP contribution in [0.25, 0.3) is 0 Å². The number of anilines is 3. The van der Waals surface area contributed by atoms with E-state index in [1.807, 2.05) is 26.0 Å². The molecule has 1 amide bonds. The lowest BCUT2D eigenvalue weighted by Gasteiger charge is -2.24. The minimum absolute atomic E-state index is 0.0120. The van der Waals surface area contributed by atoms with E-state index in [2.05, 4.69) is 10.0 Å². The number of aryl methyl sites for hydroxylation is 2. The number of nitrogens with one attached hydrogen (secondary N) is 2. The van der Waals surface area contributed by atoms with E-state index in [0.29, 0.717) is 17.1 Å². The number of carbonyl (C=O) groups excluding carboxylic acids is 1. The van der Waals surface area contributed by atoms with Crippen LogP contribution in [0, 0.1) is 13.8 Å². The molecule has 4 rings (SSSR count).